The topological polar surface area (TPSA) is 101 Å². The van der Waals surface area contributed by atoms with Gasteiger partial charge in [-0.05, 0) is 25.5 Å². The van der Waals surface area contributed by atoms with Gasteiger partial charge in [0.05, 0.1) is 23.4 Å². The van der Waals surface area contributed by atoms with Crippen LogP contribution in [0, 0.1) is 0 Å². The Morgan fingerprint density at radius 1 is 1.21 bits per heavy atom. The van der Waals surface area contributed by atoms with Crippen LogP contribution in [0.1, 0.15) is 18.9 Å². The minimum Gasteiger partial charge on any atom is -0.493 e. The lowest BCUT2D eigenvalue weighted by Crippen LogP contribution is -2.52. The predicted molar refractivity (Wildman–Crippen MR) is 111 cm³/mol. The van der Waals surface area contributed by atoms with E-state index in [9.17, 15) is 21.6 Å². The van der Waals surface area contributed by atoms with E-state index in [1.807, 2.05) is 31.2 Å². The monoisotopic (exact) mass is 442 g/mol. The number of hydrogen-bond donors (Lipinski definition) is 0. The van der Waals surface area contributed by atoms with Crippen molar-refractivity contribution < 1.29 is 26.4 Å². The molecule has 2 aliphatic heterocycles. The number of nitrogens with zero attached hydrogens (tertiary/aromatic N) is 2. The van der Waals surface area contributed by atoms with Crippen molar-refractivity contribution in [1.29, 1.82) is 0 Å². The molecule has 2 fully saturated rings. The molecule has 1 aromatic rings. The fourth-order valence-corrected chi connectivity index (χ4v) is 8.05. The quantitative estimate of drug-likeness (QED) is 0.603. The molecular formula is C19H26N2O6S2. The van der Waals surface area contributed by atoms with Crippen molar-refractivity contribution in [1.82, 2.24) is 9.21 Å². The van der Waals surface area contributed by atoms with Crippen LogP contribution in [0.25, 0.3) is 6.08 Å². The van der Waals surface area contributed by atoms with Gasteiger partial charge in [-0.2, -0.15) is 4.31 Å². The van der Waals surface area contributed by atoms with Gasteiger partial charge in [-0.1, -0.05) is 18.2 Å². The Kier molecular flexibility index (Phi) is 6.65. The molecular weight excluding hydrogens is 416 g/mol. The molecule has 3 rings (SSSR count). The maximum atomic E-state index is 12.7. The van der Waals surface area contributed by atoms with E-state index >= 15 is 0 Å². The average molecular weight is 443 g/mol. The number of para-hydroxylation sites is 1. The van der Waals surface area contributed by atoms with Crippen molar-refractivity contribution in [3.8, 4) is 5.75 Å². The number of sulfonamides is 1. The highest BCUT2D eigenvalue weighted by molar-refractivity contribution is 7.95. The van der Waals surface area contributed by atoms with E-state index < -0.39 is 25.1 Å². The van der Waals surface area contributed by atoms with Crippen molar-refractivity contribution in [2.75, 3.05) is 44.3 Å². The summed E-state index contributed by atoms with van der Waals surface area (Å²) >= 11 is 0. The van der Waals surface area contributed by atoms with Gasteiger partial charge < -0.3 is 9.64 Å². The van der Waals surface area contributed by atoms with Crippen LogP contribution in [0.3, 0.4) is 0 Å². The molecule has 0 aromatic heterocycles. The SMILES string of the molecule is CCOc1ccccc1C=CC(=O)N1CCN(S(=O)(=O)C2CCS(=O)(=O)C2)CC1. The molecule has 160 valence electrons. The molecule has 2 heterocycles. The fourth-order valence-electron chi connectivity index (χ4n) is 3.54. The standard InChI is InChI=1S/C19H26N2O6S2/c1-2-27-18-6-4-3-5-16(18)7-8-19(22)20-10-12-21(13-11-20)29(25,26)17-9-14-28(23,24)15-17/h3-8,17H,2,9-15H2,1H3. The van der Waals surface area contributed by atoms with E-state index in [0.717, 1.165) is 5.56 Å². The third-order valence-electron chi connectivity index (χ3n) is 5.15. The molecule has 1 atom stereocenters. The Morgan fingerprint density at radius 3 is 2.52 bits per heavy atom. The molecule has 0 aliphatic carbocycles. The second kappa shape index (κ2) is 8.85. The van der Waals surface area contributed by atoms with Crippen molar-refractivity contribution >= 4 is 31.8 Å². The van der Waals surface area contributed by atoms with E-state index in [-0.39, 0.29) is 50.0 Å². The summed E-state index contributed by atoms with van der Waals surface area (Å²) in [6.07, 6.45) is 3.30. The average Bonchev–Trinajstić information content (AvgIpc) is 3.08. The van der Waals surface area contributed by atoms with Gasteiger partial charge in [-0.3, -0.25) is 4.79 Å². The smallest absolute Gasteiger partial charge is 0.246 e. The van der Waals surface area contributed by atoms with Gasteiger partial charge in [0, 0.05) is 37.8 Å². The molecule has 0 N–H and O–H groups in total. The summed E-state index contributed by atoms with van der Waals surface area (Å²) in [5, 5.41) is -0.871. The molecule has 10 heteroatoms. The van der Waals surface area contributed by atoms with Crippen molar-refractivity contribution in [3.63, 3.8) is 0 Å². The largest absolute Gasteiger partial charge is 0.493 e. The number of carbonyl (C=O) groups excluding carboxylic acids is 1. The molecule has 8 nitrogen and oxygen atoms in total. The number of ether oxygens (including phenoxy) is 1. The first-order valence-electron chi connectivity index (χ1n) is 9.61. The molecule has 0 radical (unpaired) electrons. The van der Waals surface area contributed by atoms with E-state index in [1.54, 1.807) is 11.0 Å². The maximum Gasteiger partial charge on any atom is 0.246 e. The number of piperazine rings is 1. The highest BCUT2D eigenvalue weighted by Crippen LogP contribution is 2.23. The van der Waals surface area contributed by atoms with Crippen LogP contribution in [-0.2, 0) is 24.7 Å². The summed E-state index contributed by atoms with van der Waals surface area (Å²) in [7, 11) is -6.94. The molecule has 1 amide bonds. The number of carbonyl (C=O) groups is 1. The molecule has 0 bridgehead atoms. The summed E-state index contributed by atoms with van der Waals surface area (Å²) in [6, 6.07) is 7.41. The summed E-state index contributed by atoms with van der Waals surface area (Å²) < 4.78 is 55.5. The minimum absolute atomic E-state index is 0.0800. The second-order valence-electron chi connectivity index (χ2n) is 7.10. The lowest BCUT2D eigenvalue weighted by molar-refractivity contribution is -0.127. The van der Waals surface area contributed by atoms with Crippen LogP contribution in [0.2, 0.25) is 0 Å². The van der Waals surface area contributed by atoms with Gasteiger partial charge in [0.2, 0.25) is 15.9 Å². The summed E-state index contributed by atoms with van der Waals surface area (Å²) in [5.74, 6) is 0.109. The third-order valence-corrected chi connectivity index (χ3v) is 9.46. The molecule has 29 heavy (non-hydrogen) atoms. The van der Waals surface area contributed by atoms with Gasteiger partial charge in [-0.15, -0.1) is 0 Å². The first-order valence-corrected chi connectivity index (χ1v) is 12.9. The van der Waals surface area contributed by atoms with Gasteiger partial charge in [0.15, 0.2) is 9.84 Å². The van der Waals surface area contributed by atoms with E-state index in [0.29, 0.717) is 12.4 Å². The van der Waals surface area contributed by atoms with Crippen LogP contribution in [0.15, 0.2) is 30.3 Å². The number of amides is 1. The van der Waals surface area contributed by atoms with Gasteiger partial charge in [-0.25, -0.2) is 16.8 Å². The van der Waals surface area contributed by atoms with Crippen LogP contribution >= 0.6 is 0 Å². The Bertz CT molecular complexity index is 980. The summed E-state index contributed by atoms with van der Waals surface area (Å²) in [4.78, 5) is 14.1. The number of hydrogen-bond acceptors (Lipinski definition) is 6. The Morgan fingerprint density at radius 2 is 1.90 bits per heavy atom. The Labute approximate surface area is 172 Å². The highest BCUT2D eigenvalue weighted by atomic mass is 32.2. The molecule has 0 spiro atoms. The van der Waals surface area contributed by atoms with Crippen LogP contribution in [0.5, 0.6) is 5.75 Å². The van der Waals surface area contributed by atoms with E-state index in [1.165, 1.54) is 10.4 Å². The lowest BCUT2D eigenvalue weighted by Gasteiger charge is -2.34. The summed E-state index contributed by atoms with van der Waals surface area (Å²) in [6.45, 7) is 3.31. The number of benzene rings is 1. The second-order valence-corrected chi connectivity index (χ2v) is 11.5. The third kappa shape index (κ3) is 5.18. The highest BCUT2D eigenvalue weighted by Gasteiger charge is 2.41. The molecule has 2 saturated heterocycles. The van der Waals surface area contributed by atoms with E-state index in [2.05, 4.69) is 0 Å². The molecule has 0 saturated carbocycles. The van der Waals surface area contributed by atoms with Crippen LogP contribution in [0.4, 0.5) is 0 Å². The van der Waals surface area contributed by atoms with Crippen molar-refractivity contribution in [3.05, 3.63) is 35.9 Å². The first kappa shape index (κ1) is 21.8. The Hall–Kier alpha value is -1.91. The van der Waals surface area contributed by atoms with Crippen molar-refractivity contribution in [2.45, 2.75) is 18.6 Å². The fraction of sp³-hybridized carbons (Fsp3) is 0.526. The number of sulfone groups is 1. The zero-order chi connectivity index (χ0) is 21.1. The normalized spacial score (nSPS) is 22.8. The predicted octanol–water partition coefficient (Wildman–Crippen LogP) is 0.760. The van der Waals surface area contributed by atoms with Crippen molar-refractivity contribution in [2.24, 2.45) is 0 Å². The Balaban J connectivity index is 1.59. The molecule has 2 aliphatic rings. The van der Waals surface area contributed by atoms with E-state index in [4.69, 9.17) is 4.74 Å². The minimum atomic E-state index is -3.67. The maximum absolute atomic E-state index is 12.7. The molecule has 1 unspecified atom stereocenters. The van der Waals surface area contributed by atoms with Gasteiger partial charge in [0.25, 0.3) is 0 Å². The van der Waals surface area contributed by atoms with Gasteiger partial charge >= 0.3 is 0 Å². The van der Waals surface area contributed by atoms with Crippen LogP contribution in [-0.4, -0.2) is 81.5 Å². The zero-order valence-electron chi connectivity index (χ0n) is 16.4. The lowest BCUT2D eigenvalue weighted by atomic mass is 10.2. The zero-order valence-corrected chi connectivity index (χ0v) is 18.0. The summed E-state index contributed by atoms with van der Waals surface area (Å²) in [5.41, 5.74) is 0.798. The first-order chi connectivity index (χ1) is 13.7. The number of rotatable bonds is 6. The van der Waals surface area contributed by atoms with Gasteiger partial charge in [0.1, 0.15) is 5.75 Å². The molecule has 1 aromatic carbocycles. The van der Waals surface area contributed by atoms with Crippen LogP contribution < -0.4 is 4.74 Å².